The fourth-order valence-electron chi connectivity index (χ4n) is 4.76. The molecule has 0 spiro atoms. The van der Waals surface area contributed by atoms with Gasteiger partial charge in [0.15, 0.2) is 5.69 Å². The first-order valence-corrected chi connectivity index (χ1v) is 12.1. The van der Waals surface area contributed by atoms with E-state index in [0.717, 1.165) is 24.1 Å². The summed E-state index contributed by atoms with van der Waals surface area (Å²) in [4.78, 5) is 15.0. The van der Waals surface area contributed by atoms with Crippen molar-refractivity contribution in [1.82, 2.24) is 25.3 Å². The van der Waals surface area contributed by atoms with Crippen LogP contribution in [0.15, 0.2) is 36.4 Å². The molecule has 0 saturated carbocycles. The molecule has 36 heavy (non-hydrogen) atoms. The van der Waals surface area contributed by atoms with Crippen LogP contribution >= 0.6 is 0 Å². The minimum atomic E-state index is -1.15. The number of carbonyl (C=O) groups excluding carboxylic acids is 1. The Morgan fingerprint density at radius 3 is 2.42 bits per heavy atom. The first kappa shape index (κ1) is 25.8. The van der Waals surface area contributed by atoms with Crippen molar-refractivity contribution >= 4 is 5.91 Å². The highest BCUT2D eigenvalue weighted by Gasteiger charge is 2.39. The molecule has 0 saturated heterocycles. The van der Waals surface area contributed by atoms with Crippen molar-refractivity contribution in [2.45, 2.75) is 64.4 Å². The molecule has 2 heterocycles. The molecule has 9 heteroatoms. The molecule has 1 aliphatic carbocycles. The molecule has 0 unspecified atom stereocenters. The largest absolute Gasteiger partial charge is 0.384 e. The van der Waals surface area contributed by atoms with Gasteiger partial charge in [-0.1, -0.05) is 19.9 Å². The van der Waals surface area contributed by atoms with E-state index in [1.54, 1.807) is 36.9 Å². The van der Waals surface area contributed by atoms with Gasteiger partial charge in [0.1, 0.15) is 17.2 Å². The summed E-state index contributed by atoms with van der Waals surface area (Å²) in [7, 11) is 0. The van der Waals surface area contributed by atoms with E-state index in [1.165, 1.54) is 18.2 Å². The Kier molecular flexibility index (Phi) is 6.88. The van der Waals surface area contributed by atoms with E-state index < -0.39 is 22.7 Å². The van der Waals surface area contributed by atoms with Crippen LogP contribution in [0.3, 0.4) is 0 Å². The number of rotatable bonds is 6. The zero-order chi connectivity index (χ0) is 26.3. The molecule has 3 aromatic rings. The van der Waals surface area contributed by atoms with Crippen LogP contribution in [0.1, 0.15) is 80.8 Å². The van der Waals surface area contributed by atoms with E-state index in [-0.39, 0.29) is 28.8 Å². The monoisotopic (exact) mass is 495 g/mol. The fraction of sp³-hybridized carbons (Fsp3) is 0.444. The quantitative estimate of drug-likeness (QED) is 0.530. The van der Waals surface area contributed by atoms with Crippen molar-refractivity contribution in [3.05, 3.63) is 70.7 Å². The maximum Gasteiger partial charge on any atom is 0.274 e. The molecule has 4 rings (SSSR count). The third-order valence-electron chi connectivity index (χ3n) is 6.99. The molecule has 1 aromatic carbocycles. The van der Waals surface area contributed by atoms with Crippen LogP contribution in [0.4, 0.5) is 8.78 Å². The molecule has 2 atom stereocenters. The minimum Gasteiger partial charge on any atom is -0.384 e. The highest BCUT2D eigenvalue weighted by Crippen LogP contribution is 2.43. The van der Waals surface area contributed by atoms with Gasteiger partial charge in [-0.3, -0.25) is 4.79 Å². The van der Waals surface area contributed by atoms with Crippen LogP contribution in [0, 0.1) is 11.6 Å². The summed E-state index contributed by atoms with van der Waals surface area (Å²) in [5.41, 5.74) is 0.490. The van der Waals surface area contributed by atoms with Crippen molar-refractivity contribution in [3.8, 4) is 11.3 Å². The lowest BCUT2D eigenvalue weighted by molar-refractivity contribution is 0.0685. The second-order valence-corrected chi connectivity index (χ2v) is 10.3. The van der Waals surface area contributed by atoms with E-state index in [1.807, 2.05) is 13.8 Å². The van der Waals surface area contributed by atoms with Crippen LogP contribution in [-0.4, -0.2) is 49.4 Å². The van der Waals surface area contributed by atoms with E-state index in [4.69, 9.17) is 0 Å². The van der Waals surface area contributed by atoms with Crippen LogP contribution in [-0.2, 0) is 11.0 Å². The van der Waals surface area contributed by atoms with Gasteiger partial charge in [0.2, 0.25) is 0 Å². The maximum absolute atomic E-state index is 14.4. The highest BCUT2D eigenvalue weighted by molar-refractivity contribution is 5.92. The summed E-state index contributed by atoms with van der Waals surface area (Å²) in [5.74, 6) is -1.51. The SMILES string of the molecule is CCN(C[C@@]1(C)CC[C@H](C)c2cc(-c3c(F)cccc3F)nnc21)C(=O)c1ccc(C(C)(C)O)nn1. The Hall–Kier alpha value is -3.33. The molecule has 190 valence electrons. The van der Waals surface area contributed by atoms with Crippen LogP contribution in [0.5, 0.6) is 0 Å². The Bertz CT molecular complexity index is 1260. The lowest BCUT2D eigenvalue weighted by Crippen LogP contribution is -2.45. The second-order valence-electron chi connectivity index (χ2n) is 10.3. The molecule has 0 radical (unpaired) electrons. The number of likely N-dealkylation sites (N-methyl/N-ethyl adjacent to an activating group) is 1. The number of fused-ring (bicyclic) bond motifs is 1. The van der Waals surface area contributed by atoms with Gasteiger partial charge in [-0.05, 0) is 75.4 Å². The average Bonchev–Trinajstić information content (AvgIpc) is 2.84. The third kappa shape index (κ3) is 4.84. The zero-order valence-electron chi connectivity index (χ0n) is 21.2. The van der Waals surface area contributed by atoms with Gasteiger partial charge < -0.3 is 10.0 Å². The van der Waals surface area contributed by atoms with Crippen LogP contribution < -0.4 is 0 Å². The predicted octanol–water partition coefficient (Wildman–Crippen LogP) is 4.76. The molecule has 0 aliphatic heterocycles. The number of hydrogen-bond donors (Lipinski definition) is 1. The number of nitrogens with zero attached hydrogens (tertiary/aromatic N) is 5. The minimum absolute atomic E-state index is 0.128. The molecular weight excluding hydrogens is 464 g/mol. The number of carbonyl (C=O) groups is 1. The Morgan fingerprint density at radius 2 is 1.83 bits per heavy atom. The lowest BCUT2D eigenvalue weighted by atomic mass is 9.70. The van der Waals surface area contributed by atoms with Crippen molar-refractivity contribution in [2.75, 3.05) is 13.1 Å². The molecule has 1 aliphatic rings. The third-order valence-corrected chi connectivity index (χ3v) is 6.99. The number of hydrogen-bond acceptors (Lipinski definition) is 6. The number of benzene rings is 1. The fourth-order valence-corrected chi connectivity index (χ4v) is 4.76. The summed E-state index contributed by atoms with van der Waals surface area (Å²) in [6, 6.07) is 8.62. The van der Waals surface area contributed by atoms with Crippen molar-refractivity contribution in [1.29, 1.82) is 0 Å². The summed E-state index contributed by atoms with van der Waals surface area (Å²) in [6.45, 7) is 10.0. The Labute approximate surface area is 209 Å². The van der Waals surface area contributed by atoms with Gasteiger partial charge in [0.05, 0.1) is 22.6 Å². The number of aromatic nitrogens is 4. The topological polar surface area (TPSA) is 92.1 Å². The zero-order valence-corrected chi connectivity index (χ0v) is 21.2. The van der Waals surface area contributed by atoms with Gasteiger partial charge in [0.25, 0.3) is 5.91 Å². The predicted molar refractivity (Wildman–Crippen MR) is 131 cm³/mol. The van der Waals surface area contributed by atoms with Crippen molar-refractivity contribution < 1.29 is 18.7 Å². The smallest absolute Gasteiger partial charge is 0.274 e. The Balaban J connectivity index is 1.65. The van der Waals surface area contributed by atoms with Crippen molar-refractivity contribution in [3.63, 3.8) is 0 Å². The average molecular weight is 496 g/mol. The molecule has 2 aromatic heterocycles. The highest BCUT2D eigenvalue weighted by atomic mass is 19.1. The molecule has 7 nitrogen and oxygen atoms in total. The van der Waals surface area contributed by atoms with Gasteiger partial charge >= 0.3 is 0 Å². The van der Waals surface area contributed by atoms with E-state index >= 15 is 0 Å². The Morgan fingerprint density at radius 1 is 1.14 bits per heavy atom. The number of aliphatic hydroxyl groups is 1. The van der Waals surface area contributed by atoms with Gasteiger partial charge in [-0.25, -0.2) is 8.78 Å². The lowest BCUT2D eigenvalue weighted by Gasteiger charge is -2.40. The molecule has 1 amide bonds. The molecule has 0 bridgehead atoms. The van der Waals surface area contributed by atoms with Gasteiger partial charge in [-0.2, -0.15) is 15.3 Å². The molecule has 1 N–H and O–H groups in total. The molecule has 0 fully saturated rings. The van der Waals surface area contributed by atoms with Gasteiger partial charge in [0, 0.05) is 18.5 Å². The first-order valence-electron chi connectivity index (χ1n) is 12.1. The second kappa shape index (κ2) is 9.61. The van der Waals surface area contributed by atoms with E-state index in [2.05, 4.69) is 27.3 Å². The summed E-state index contributed by atoms with van der Waals surface area (Å²) >= 11 is 0. The summed E-state index contributed by atoms with van der Waals surface area (Å²) in [6.07, 6.45) is 1.61. The number of halogens is 2. The van der Waals surface area contributed by atoms with Gasteiger partial charge in [-0.15, -0.1) is 5.10 Å². The normalized spacial score (nSPS) is 19.6. The van der Waals surface area contributed by atoms with E-state index in [9.17, 15) is 18.7 Å². The van der Waals surface area contributed by atoms with Crippen molar-refractivity contribution in [2.24, 2.45) is 0 Å². The standard InChI is InChI=1S/C27H31F2N5O2/c1-6-34(25(35)20-10-11-22(32-30-20)26(3,4)36)15-27(5)13-12-16(2)17-14-21(31-33-24(17)27)23-18(28)8-7-9-19(23)29/h7-11,14,16,36H,6,12-13,15H2,1-5H3/t16-,27+/m0/s1. The summed E-state index contributed by atoms with van der Waals surface area (Å²) < 4.78 is 28.8. The maximum atomic E-state index is 14.4. The van der Waals surface area contributed by atoms with Crippen LogP contribution in [0.2, 0.25) is 0 Å². The first-order chi connectivity index (χ1) is 16.9. The summed E-state index contributed by atoms with van der Waals surface area (Å²) in [5, 5.41) is 26.8. The van der Waals surface area contributed by atoms with Crippen LogP contribution in [0.25, 0.3) is 11.3 Å². The number of amides is 1. The molecular formula is C27H31F2N5O2. The van der Waals surface area contributed by atoms with E-state index in [0.29, 0.717) is 18.8 Å².